The highest BCUT2D eigenvalue weighted by molar-refractivity contribution is 9.10. The van der Waals surface area contributed by atoms with Gasteiger partial charge in [0.2, 0.25) is 0 Å². The largest absolute Gasteiger partial charge is 0.486 e. The molecule has 0 spiro atoms. The maximum absolute atomic E-state index is 12.4. The third-order valence-electron chi connectivity index (χ3n) is 4.35. The summed E-state index contributed by atoms with van der Waals surface area (Å²) in [6.45, 7) is 6.33. The summed E-state index contributed by atoms with van der Waals surface area (Å²) in [6.07, 6.45) is 5.25. The Labute approximate surface area is 188 Å². The van der Waals surface area contributed by atoms with Crippen LogP contribution >= 0.6 is 38.9 Å². The van der Waals surface area contributed by atoms with E-state index >= 15 is 0 Å². The second-order valence-electron chi connectivity index (χ2n) is 6.79. The molecule has 29 heavy (non-hydrogen) atoms. The number of ether oxygens (including phenoxy) is 1. The Morgan fingerprint density at radius 3 is 2.66 bits per heavy atom. The van der Waals surface area contributed by atoms with Gasteiger partial charge < -0.3 is 9.15 Å². The third kappa shape index (κ3) is 5.62. The summed E-state index contributed by atoms with van der Waals surface area (Å²) < 4.78 is 12.6. The van der Waals surface area contributed by atoms with E-state index in [2.05, 4.69) is 22.9 Å². The van der Waals surface area contributed by atoms with Crippen LogP contribution in [0.2, 0.25) is 5.02 Å². The van der Waals surface area contributed by atoms with Crippen LogP contribution in [0.5, 0.6) is 5.75 Å². The summed E-state index contributed by atoms with van der Waals surface area (Å²) in [5.74, 6) is 2.02. The van der Waals surface area contributed by atoms with Crippen LogP contribution < -0.4 is 4.74 Å². The minimum absolute atomic E-state index is 0.0284. The summed E-state index contributed by atoms with van der Waals surface area (Å²) in [5, 5.41) is 0.757. The molecule has 0 radical (unpaired) electrons. The Bertz CT molecular complexity index is 1030. The lowest BCUT2D eigenvalue weighted by molar-refractivity contribution is 0.105. The lowest BCUT2D eigenvalue weighted by Gasteiger charge is -2.08. The van der Waals surface area contributed by atoms with Gasteiger partial charge in [0.1, 0.15) is 23.9 Å². The monoisotopic (exact) mass is 492 g/mol. The average Bonchev–Trinajstić information content (AvgIpc) is 3.29. The number of rotatable bonds is 8. The Morgan fingerprint density at radius 2 is 1.97 bits per heavy atom. The van der Waals surface area contributed by atoms with Gasteiger partial charge in [-0.3, -0.25) is 4.79 Å². The number of halogens is 2. The summed E-state index contributed by atoms with van der Waals surface area (Å²) in [7, 11) is 0. The lowest BCUT2D eigenvalue weighted by Crippen LogP contribution is -1.95. The molecule has 0 unspecified atom stereocenters. The number of benzene rings is 1. The Hall–Kier alpha value is -1.82. The van der Waals surface area contributed by atoms with Crippen LogP contribution in [0, 0.1) is 13.8 Å². The van der Waals surface area contributed by atoms with Crippen molar-refractivity contribution < 1.29 is 13.9 Å². The van der Waals surface area contributed by atoms with Gasteiger partial charge in [0.15, 0.2) is 5.78 Å². The molecule has 2 aromatic heterocycles. The van der Waals surface area contributed by atoms with E-state index in [-0.39, 0.29) is 5.78 Å². The quantitative estimate of drug-likeness (QED) is 0.237. The smallest absolute Gasteiger partial charge is 0.195 e. The molecule has 152 valence electrons. The molecule has 3 rings (SSSR count). The zero-order chi connectivity index (χ0) is 21.0. The van der Waals surface area contributed by atoms with Crippen molar-refractivity contribution in [3.05, 3.63) is 78.3 Å². The first-order valence-electron chi connectivity index (χ1n) is 9.36. The van der Waals surface area contributed by atoms with Crippen LogP contribution in [0.1, 0.15) is 50.5 Å². The molecule has 0 amide bonds. The Balaban J connectivity index is 1.61. The number of carbonyl (C=O) groups excluding carboxylic acids is 1. The number of hydrogen-bond donors (Lipinski definition) is 0. The number of furan rings is 1. The normalized spacial score (nSPS) is 11.3. The summed E-state index contributed by atoms with van der Waals surface area (Å²) in [5.41, 5.74) is 1.95. The van der Waals surface area contributed by atoms with Crippen LogP contribution in [0.4, 0.5) is 0 Å². The van der Waals surface area contributed by atoms with Crippen LogP contribution in [0.15, 0.2) is 45.3 Å². The first-order valence-corrected chi connectivity index (χ1v) is 11.3. The molecule has 3 aromatic rings. The van der Waals surface area contributed by atoms with E-state index in [0.29, 0.717) is 18.1 Å². The van der Waals surface area contributed by atoms with E-state index in [1.807, 2.05) is 44.2 Å². The van der Waals surface area contributed by atoms with E-state index < -0.39 is 0 Å². The number of allylic oxidation sites excluding steroid dienone is 1. The molecule has 2 heterocycles. The van der Waals surface area contributed by atoms with E-state index in [1.165, 1.54) is 16.2 Å². The van der Waals surface area contributed by atoms with Crippen molar-refractivity contribution >= 4 is 50.7 Å². The Kier molecular flexibility index (Phi) is 7.38. The first-order chi connectivity index (χ1) is 13.9. The fourth-order valence-electron chi connectivity index (χ4n) is 2.87. The van der Waals surface area contributed by atoms with Gasteiger partial charge in [0.05, 0.1) is 4.88 Å². The minimum atomic E-state index is -0.0284. The molecule has 0 saturated heterocycles. The van der Waals surface area contributed by atoms with Crippen molar-refractivity contribution in [1.29, 1.82) is 0 Å². The Morgan fingerprint density at radius 1 is 1.24 bits per heavy atom. The average molecular weight is 494 g/mol. The van der Waals surface area contributed by atoms with Gasteiger partial charge in [-0.25, -0.2) is 0 Å². The molecule has 0 fully saturated rings. The van der Waals surface area contributed by atoms with Gasteiger partial charge in [-0.05, 0) is 89.8 Å². The maximum Gasteiger partial charge on any atom is 0.195 e. The van der Waals surface area contributed by atoms with Gasteiger partial charge in [0, 0.05) is 14.4 Å². The number of ketones is 1. The van der Waals surface area contributed by atoms with E-state index in [4.69, 9.17) is 20.8 Å². The molecule has 0 aliphatic carbocycles. The van der Waals surface area contributed by atoms with Gasteiger partial charge in [0.25, 0.3) is 0 Å². The molecule has 0 saturated carbocycles. The second-order valence-corrected chi connectivity index (χ2v) is 9.16. The van der Waals surface area contributed by atoms with Crippen molar-refractivity contribution in [3.63, 3.8) is 0 Å². The number of hydrogen-bond acceptors (Lipinski definition) is 4. The zero-order valence-electron chi connectivity index (χ0n) is 16.6. The van der Waals surface area contributed by atoms with Gasteiger partial charge in [-0.15, -0.1) is 11.3 Å². The number of aryl methyl sites for hydroxylation is 3. The predicted molar refractivity (Wildman–Crippen MR) is 123 cm³/mol. The third-order valence-corrected chi connectivity index (χ3v) is 7.13. The molecule has 0 atom stereocenters. The summed E-state index contributed by atoms with van der Waals surface area (Å²) in [6, 6.07) is 9.38. The summed E-state index contributed by atoms with van der Waals surface area (Å²) >= 11 is 11.3. The standard InChI is InChI=1S/C23H22BrClO3S/c1-4-5-21-19(24)12-22(29-21)20(26)9-8-16-6-7-17(28-16)13-27-18-10-14(2)23(25)15(3)11-18/h6-12H,4-5,13H2,1-3H3/b9-8+. The van der Waals surface area contributed by atoms with Crippen molar-refractivity contribution in [2.45, 2.75) is 40.2 Å². The van der Waals surface area contributed by atoms with Gasteiger partial charge in [-0.1, -0.05) is 24.9 Å². The fraction of sp³-hybridized carbons (Fsp3) is 0.261. The van der Waals surface area contributed by atoms with E-state index in [9.17, 15) is 4.79 Å². The molecule has 0 aliphatic rings. The number of carbonyl (C=O) groups is 1. The first kappa shape index (κ1) is 21.9. The highest BCUT2D eigenvalue weighted by Gasteiger charge is 2.11. The van der Waals surface area contributed by atoms with Crippen molar-refractivity contribution in [2.24, 2.45) is 0 Å². The minimum Gasteiger partial charge on any atom is -0.486 e. The van der Waals surface area contributed by atoms with Crippen molar-refractivity contribution in [1.82, 2.24) is 0 Å². The molecule has 6 heteroatoms. The second kappa shape index (κ2) is 9.79. The van der Waals surface area contributed by atoms with E-state index in [1.54, 1.807) is 12.2 Å². The predicted octanol–water partition coefficient (Wildman–Crippen LogP) is 7.80. The van der Waals surface area contributed by atoms with Crippen LogP contribution in [0.25, 0.3) is 6.08 Å². The van der Waals surface area contributed by atoms with Crippen LogP contribution in [0.3, 0.4) is 0 Å². The van der Waals surface area contributed by atoms with Gasteiger partial charge in [-0.2, -0.15) is 0 Å². The van der Waals surface area contributed by atoms with Crippen LogP contribution in [-0.2, 0) is 13.0 Å². The maximum atomic E-state index is 12.4. The zero-order valence-corrected chi connectivity index (χ0v) is 19.7. The highest BCUT2D eigenvalue weighted by Crippen LogP contribution is 2.29. The van der Waals surface area contributed by atoms with Crippen molar-refractivity contribution in [3.8, 4) is 5.75 Å². The van der Waals surface area contributed by atoms with Crippen molar-refractivity contribution in [2.75, 3.05) is 0 Å². The molecule has 0 N–H and O–H groups in total. The molecule has 0 bridgehead atoms. The van der Waals surface area contributed by atoms with Crippen LogP contribution in [-0.4, -0.2) is 5.78 Å². The van der Waals surface area contributed by atoms with E-state index in [0.717, 1.165) is 44.1 Å². The lowest BCUT2D eigenvalue weighted by atomic mass is 10.1. The SMILES string of the molecule is CCCc1sc(C(=O)/C=C/c2ccc(COc3cc(C)c(Cl)c(C)c3)o2)cc1Br. The topological polar surface area (TPSA) is 39.4 Å². The highest BCUT2D eigenvalue weighted by atomic mass is 79.9. The molecule has 3 nitrogen and oxygen atoms in total. The molecular weight excluding hydrogens is 472 g/mol. The fourth-order valence-corrected chi connectivity index (χ4v) is 4.88. The molecule has 1 aromatic carbocycles. The number of thiophene rings is 1. The summed E-state index contributed by atoms with van der Waals surface area (Å²) in [4.78, 5) is 14.3. The molecular formula is C23H22BrClO3S. The van der Waals surface area contributed by atoms with Gasteiger partial charge >= 0.3 is 0 Å². The molecule has 0 aliphatic heterocycles.